The fourth-order valence-electron chi connectivity index (χ4n) is 3.50. The quantitative estimate of drug-likeness (QED) is 0.855. The van der Waals surface area contributed by atoms with Gasteiger partial charge in [0.1, 0.15) is 0 Å². The molecule has 116 valence electrons. The van der Waals surface area contributed by atoms with E-state index in [0.717, 1.165) is 39.1 Å². The fraction of sp³-hybridized carbons (Fsp3) is 0.938. The van der Waals surface area contributed by atoms with Gasteiger partial charge in [-0.2, -0.15) is 0 Å². The molecule has 4 nitrogen and oxygen atoms in total. The molecule has 0 atom stereocenters. The Hall–Kier alpha value is -0.610. The van der Waals surface area contributed by atoms with Crippen molar-refractivity contribution in [2.24, 2.45) is 11.7 Å². The van der Waals surface area contributed by atoms with E-state index in [1.165, 1.54) is 32.1 Å². The van der Waals surface area contributed by atoms with E-state index < -0.39 is 0 Å². The van der Waals surface area contributed by atoms with E-state index in [-0.39, 0.29) is 5.54 Å². The Morgan fingerprint density at radius 2 is 1.70 bits per heavy atom. The van der Waals surface area contributed by atoms with E-state index in [2.05, 4.69) is 23.6 Å². The van der Waals surface area contributed by atoms with Gasteiger partial charge in [0.05, 0.1) is 0 Å². The van der Waals surface area contributed by atoms with Gasteiger partial charge < -0.3 is 10.6 Å². The lowest BCUT2D eigenvalue weighted by molar-refractivity contribution is -0.134. The fourth-order valence-corrected chi connectivity index (χ4v) is 3.50. The summed E-state index contributed by atoms with van der Waals surface area (Å²) < 4.78 is 0. The minimum atomic E-state index is -0.145. The van der Waals surface area contributed by atoms with Gasteiger partial charge in [-0.3, -0.25) is 9.69 Å². The molecule has 1 aliphatic carbocycles. The van der Waals surface area contributed by atoms with Crippen molar-refractivity contribution < 1.29 is 4.79 Å². The third-order valence-corrected chi connectivity index (χ3v) is 4.54. The maximum absolute atomic E-state index is 12.3. The van der Waals surface area contributed by atoms with Crippen molar-refractivity contribution in [2.45, 2.75) is 57.9 Å². The van der Waals surface area contributed by atoms with Crippen molar-refractivity contribution in [3.63, 3.8) is 0 Å². The molecule has 2 fully saturated rings. The first-order valence-electron chi connectivity index (χ1n) is 8.23. The van der Waals surface area contributed by atoms with Gasteiger partial charge in [0.15, 0.2) is 0 Å². The molecule has 0 spiro atoms. The largest absolute Gasteiger partial charge is 0.340 e. The second-order valence-electron chi connectivity index (χ2n) is 7.35. The van der Waals surface area contributed by atoms with Crippen LogP contribution in [-0.2, 0) is 4.79 Å². The minimum absolute atomic E-state index is 0.145. The lowest BCUT2D eigenvalue weighted by atomic mass is 9.86. The molecule has 1 heterocycles. The molecule has 1 aliphatic heterocycles. The van der Waals surface area contributed by atoms with E-state index in [1.807, 2.05) is 0 Å². The molecule has 0 aromatic carbocycles. The van der Waals surface area contributed by atoms with Crippen LogP contribution in [0.25, 0.3) is 0 Å². The summed E-state index contributed by atoms with van der Waals surface area (Å²) >= 11 is 0. The maximum Gasteiger partial charge on any atom is 0.222 e. The molecule has 4 heteroatoms. The highest BCUT2D eigenvalue weighted by atomic mass is 16.2. The van der Waals surface area contributed by atoms with Crippen LogP contribution in [0.2, 0.25) is 0 Å². The van der Waals surface area contributed by atoms with Crippen molar-refractivity contribution in [3.05, 3.63) is 0 Å². The van der Waals surface area contributed by atoms with Crippen LogP contribution >= 0.6 is 0 Å². The number of nitrogens with two attached hydrogens (primary N) is 1. The summed E-state index contributed by atoms with van der Waals surface area (Å²) in [6.07, 6.45) is 7.29. The molecule has 0 unspecified atom stereocenters. The molecular formula is C16H31N3O. The standard InChI is InChI=1S/C16H31N3O/c1-16(2,17)13-18-8-10-19(11-9-18)15(20)12-14-6-4-3-5-7-14/h14H,3-13,17H2,1-2H3. The van der Waals surface area contributed by atoms with Crippen molar-refractivity contribution >= 4 is 5.91 Å². The van der Waals surface area contributed by atoms with Crippen LogP contribution in [0, 0.1) is 5.92 Å². The summed E-state index contributed by atoms with van der Waals surface area (Å²) in [6, 6.07) is 0. The van der Waals surface area contributed by atoms with Crippen LogP contribution in [-0.4, -0.2) is 54.0 Å². The number of nitrogens with zero attached hydrogens (tertiary/aromatic N) is 2. The number of hydrogen-bond donors (Lipinski definition) is 1. The number of piperazine rings is 1. The van der Waals surface area contributed by atoms with Crippen molar-refractivity contribution in [3.8, 4) is 0 Å². The minimum Gasteiger partial charge on any atom is -0.340 e. The Morgan fingerprint density at radius 1 is 1.10 bits per heavy atom. The van der Waals surface area contributed by atoms with Gasteiger partial charge >= 0.3 is 0 Å². The third-order valence-electron chi connectivity index (χ3n) is 4.54. The van der Waals surface area contributed by atoms with Crippen molar-refractivity contribution in [1.82, 2.24) is 9.80 Å². The molecule has 0 aromatic rings. The average molecular weight is 281 g/mol. The summed E-state index contributed by atoms with van der Waals surface area (Å²) in [7, 11) is 0. The van der Waals surface area contributed by atoms with E-state index in [4.69, 9.17) is 5.73 Å². The number of carbonyl (C=O) groups excluding carboxylic acids is 1. The zero-order chi connectivity index (χ0) is 14.6. The van der Waals surface area contributed by atoms with E-state index >= 15 is 0 Å². The third kappa shape index (κ3) is 5.06. The molecule has 2 rings (SSSR count). The van der Waals surface area contributed by atoms with Gasteiger partial charge in [-0.15, -0.1) is 0 Å². The van der Waals surface area contributed by atoms with Crippen LogP contribution in [0.3, 0.4) is 0 Å². The van der Waals surface area contributed by atoms with E-state index in [9.17, 15) is 4.79 Å². The molecule has 0 bridgehead atoms. The molecular weight excluding hydrogens is 250 g/mol. The van der Waals surface area contributed by atoms with Crippen LogP contribution in [0.15, 0.2) is 0 Å². The average Bonchev–Trinajstić information content (AvgIpc) is 2.39. The Balaban J connectivity index is 1.71. The van der Waals surface area contributed by atoms with Gasteiger partial charge in [-0.05, 0) is 32.6 Å². The molecule has 1 saturated carbocycles. The normalized spacial score (nSPS) is 23.1. The zero-order valence-electron chi connectivity index (χ0n) is 13.2. The highest BCUT2D eigenvalue weighted by Gasteiger charge is 2.26. The summed E-state index contributed by atoms with van der Waals surface area (Å²) in [6.45, 7) is 8.73. The van der Waals surface area contributed by atoms with Crippen molar-refractivity contribution in [2.75, 3.05) is 32.7 Å². The number of carbonyl (C=O) groups is 1. The predicted octanol–water partition coefficient (Wildman–Crippen LogP) is 1.84. The second kappa shape index (κ2) is 6.90. The summed E-state index contributed by atoms with van der Waals surface area (Å²) in [4.78, 5) is 16.8. The summed E-state index contributed by atoms with van der Waals surface area (Å²) in [5.41, 5.74) is 5.92. The molecule has 2 N–H and O–H groups in total. The molecule has 2 aliphatic rings. The Labute approximate surface area is 123 Å². The van der Waals surface area contributed by atoms with Crippen LogP contribution in [0.1, 0.15) is 52.4 Å². The first-order valence-corrected chi connectivity index (χ1v) is 8.23. The lowest BCUT2D eigenvalue weighted by Gasteiger charge is -2.38. The van der Waals surface area contributed by atoms with Gasteiger partial charge in [0, 0.05) is 44.7 Å². The SMILES string of the molecule is CC(C)(N)CN1CCN(C(=O)CC2CCCCC2)CC1. The van der Waals surface area contributed by atoms with E-state index in [1.54, 1.807) is 0 Å². The van der Waals surface area contributed by atoms with E-state index in [0.29, 0.717) is 11.8 Å². The highest BCUT2D eigenvalue weighted by molar-refractivity contribution is 5.76. The van der Waals surface area contributed by atoms with Gasteiger partial charge in [0.2, 0.25) is 5.91 Å². The predicted molar refractivity (Wildman–Crippen MR) is 82.5 cm³/mol. The Morgan fingerprint density at radius 3 is 2.25 bits per heavy atom. The van der Waals surface area contributed by atoms with Crippen LogP contribution < -0.4 is 5.73 Å². The van der Waals surface area contributed by atoms with Gasteiger partial charge in [-0.1, -0.05) is 19.3 Å². The molecule has 1 amide bonds. The smallest absolute Gasteiger partial charge is 0.222 e. The first kappa shape index (κ1) is 15.8. The lowest BCUT2D eigenvalue weighted by Crippen LogP contribution is -2.54. The Kier molecular flexibility index (Phi) is 5.44. The molecule has 0 aromatic heterocycles. The number of amides is 1. The van der Waals surface area contributed by atoms with Crippen LogP contribution in [0.5, 0.6) is 0 Å². The zero-order valence-corrected chi connectivity index (χ0v) is 13.2. The Bertz CT molecular complexity index is 310. The molecule has 20 heavy (non-hydrogen) atoms. The maximum atomic E-state index is 12.3. The summed E-state index contributed by atoms with van der Waals surface area (Å²) in [5.74, 6) is 1.03. The number of rotatable bonds is 4. The van der Waals surface area contributed by atoms with Crippen molar-refractivity contribution in [1.29, 1.82) is 0 Å². The second-order valence-corrected chi connectivity index (χ2v) is 7.35. The van der Waals surface area contributed by atoms with Gasteiger partial charge in [-0.25, -0.2) is 0 Å². The monoisotopic (exact) mass is 281 g/mol. The summed E-state index contributed by atoms with van der Waals surface area (Å²) in [5, 5.41) is 0. The topological polar surface area (TPSA) is 49.6 Å². The molecule has 1 saturated heterocycles. The van der Waals surface area contributed by atoms with Crippen LogP contribution in [0.4, 0.5) is 0 Å². The van der Waals surface area contributed by atoms with Gasteiger partial charge in [0.25, 0.3) is 0 Å². The molecule has 0 radical (unpaired) electrons. The number of hydrogen-bond acceptors (Lipinski definition) is 3. The highest BCUT2D eigenvalue weighted by Crippen LogP contribution is 2.27. The first-order chi connectivity index (χ1) is 9.44.